The molecule has 3 aromatic rings. The number of halogens is 1. The Kier molecular flexibility index (Phi) is 9.31. The van der Waals surface area contributed by atoms with Crippen molar-refractivity contribution in [2.24, 2.45) is 0 Å². The maximum atomic E-state index is 13.0. The summed E-state index contributed by atoms with van der Waals surface area (Å²) in [6.45, 7) is 3.00. The monoisotopic (exact) mass is 555 g/mol. The molecule has 0 spiro atoms. The van der Waals surface area contributed by atoms with Crippen LogP contribution in [0.25, 0.3) is 0 Å². The smallest absolute Gasteiger partial charge is 0.232 e. The van der Waals surface area contributed by atoms with Crippen molar-refractivity contribution in [2.45, 2.75) is 18.9 Å². The molecule has 7 nitrogen and oxygen atoms in total. The maximum absolute atomic E-state index is 13.0. The zero-order valence-electron chi connectivity index (χ0n) is 21.8. The van der Waals surface area contributed by atoms with Crippen molar-refractivity contribution in [1.82, 2.24) is 9.80 Å². The second kappa shape index (κ2) is 12.7. The van der Waals surface area contributed by atoms with Crippen LogP contribution in [0.3, 0.4) is 0 Å². The van der Waals surface area contributed by atoms with Gasteiger partial charge in [0.2, 0.25) is 15.9 Å². The molecule has 3 aromatic carbocycles. The van der Waals surface area contributed by atoms with E-state index in [1.165, 1.54) is 22.5 Å². The van der Waals surface area contributed by atoms with E-state index < -0.39 is 10.0 Å². The van der Waals surface area contributed by atoms with Crippen LogP contribution in [0.2, 0.25) is 5.02 Å². The quantitative estimate of drug-likeness (QED) is 0.358. The molecule has 1 heterocycles. The van der Waals surface area contributed by atoms with Gasteiger partial charge in [0, 0.05) is 39.1 Å². The fourth-order valence-corrected chi connectivity index (χ4v) is 6.15. The molecule has 0 saturated carbocycles. The standard InChI is InChI=1S/C29H34ClN3O4S/c1-37-27-16-15-25(22-26(27)30)33(38(2,35)36)17-9-14-28(34)31-18-20-32(21-19-31)29(23-10-5-3-6-11-23)24-12-7-4-8-13-24/h3-8,10-13,15-16,22,29H,9,14,17-21H2,1-2H3. The summed E-state index contributed by atoms with van der Waals surface area (Å²) in [7, 11) is -2.04. The van der Waals surface area contributed by atoms with Gasteiger partial charge in [-0.2, -0.15) is 0 Å². The molecule has 0 bridgehead atoms. The van der Waals surface area contributed by atoms with Gasteiger partial charge in [-0.15, -0.1) is 0 Å². The third kappa shape index (κ3) is 6.87. The van der Waals surface area contributed by atoms with Gasteiger partial charge >= 0.3 is 0 Å². The van der Waals surface area contributed by atoms with Crippen LogP contribution >= 0.6 is 11.6 Å². The van der Waals surface area contributed by atoms with Crippen LogP contribution in [0.15, 0.2) is 78.9 Å². The molecular weight excluding hydrogens is 522 g/mol. The Morgan fingerprint density at radius 3 is 2.03 bits per heavy atom. The Morgan fingerprint density at radius 2 is 1.53 bits per heavy atom. The lowest BCUT2D eigenvalue weighted by Gasteiger charge is -2.40. The van der Waals surface area contributed by atoms with Gasteiger partial charge in [-0.3, -0.25) is 14.0 Å². The van der Waals surface area contributed by atoms with Gasteiger partial charge in [0.05, 0.1) is 30.1 Å². The Morgan fingerprint density at radius 1 is 0.947 bits per heavy atom. The maximum Gasteiger partial charge on any atom is 0.232 e. The number of benzene rings is 3. The van der Waals surface area contributed by atoms with E-state index in [-0.39, 0.29) is 24.9 Å². The number of ether oxygens (including phenoxy) is 1. The van der Waals surface area contributed by atoms with Gasteiger partial charge in [0.15, 0.2) is 0 Å². The van der Waals surface area contributed by atoms with Crippen LogP contribution in [0, 0.1) is 0 Å². The van der Waals surface area contributed by atoms with Crippen molar-refractivity contribution < 1.29 is 17.9 Å². The Balaban J connectivity index is 1.35. The normalized spacial score (nSPS) is 14.5. The number of piperazine rings is 1. The molecule has 9 heteroatoms. The average Bonchev–Trinajstić information content (AvgIpc) is 2.92. The molecular formula is C29H34ClN3O4S. The van der Waals surface area contributed by atoms with Gasteiger partial charge in [-0.05, 0) is 35.7 Å². The summed E-state index contributed by atoms with van der Waals surface area (Å²) in [5, 5.41) is 0.330. The van der Waals surface area contributed by atoms with Crippen molar-refractivity contribution in [1.29, 1.82) is 0 Å². The van der Waals surface area contributed by atoms with E-state index in [1.54, 1.807) is 18.2 Å². The summed E-state index contributed by atoms with van der Waals surface area (Å²) >= 11 is 6.21. The van der Waals surface area contributed by atoms with Gasteiger partial charge in [0.1, 0.15) is 5.75 Å². The number of hydrogen-bond acceptors (Lipinski definition) is 5. The molecule has 0 aromatic heterocycles. The molecule has 0 radical (unpaired) electrons. The SMILES string of the molecule is COc1ccc(N(CCCC(=O)N2CCN(C(c3ccccc3)c3ccccc3)CC2)S(C)(=O)=O)cc1Cl. The largest absolute Gasteiger partial charge is 0.495 e. The average molecular weight is 556 g/mol. The molecule has 0 aliphatic carbocycles. The van der Waals surface area contributed by atoms with Crippen molar-refractivity contribution in [2.75, 3.05) is 50.4 Å². The molecule has 1 saturated heterocycles. The summed E-state index contributed by atoms with van der Waals surface area (Å²) in [6.07, 6.45) is 1.84. The predicted octanol–water partition coefficient (Wildman–Crippen LogP) is 4.83. The van der Waals surface area contributed by atoms with E-state index in [0.29, 0.717) is 36.0 Å². The van der Waals surface area contributed by atoms with Crippen molar-refractivity contribution in [3.63, 3.8) is 0 Å². The van der Waals surface area contributed by atoms with Crippen molar-refractivity contribution >= 4 is 33.2 Å². The molecule has 4 rings (SSSR count). The minimum Gasteiger partial charge on any atom is -0.495 e. The number of carbonyl (C=O) groups excluding carboxylic acids is 1. The van der Waals surface area contributed by atoms with Gasteiger partial charge in [-0.1, -0.05) is 72.3 Å². The molecule has 1 fully saturated rings. The van der Waals surface area contributed by atoms with E-state index in [4.69, 9.17) is 16.3 Å². The lowest BCUT2D eigenvalue weighted by molar-refractivity contribution is -0.133. The van der Waals surface area contributed by atoms with Crippen LogP contribution < -0.4 is 9.04 Å². The topological polar surface area (TPSA) is 70.2 Å². The molecule has 0 atom stereocenters. The van der Waals surface area contributed by atoms with E-state index in [0.717, 1.165) is 19.3 Å². The molecule has 1 amide bonds. The summed E-state index contributed by atoms with van der Waals surface area (Å²) < 4.78 is 31.4. The molecule has 1 aliphatic heterocycles. The fourth-order valence-electron chi connectivity index (χ4n) is 4.94. The van der Waals surface area contributed by atoms with E-state index in [9.17, 15) is 13.2 Å². The molecule has 202 valence electrons. The highest BCUT2D eigenvalue weighted by Gasteiger charge is 2.28. The summed E-state index contributed by atoms with van der Waals surface area (Å²) in [6, 6.07) is 25.9. The second-order valence-corrected chi connectivity index (χ2v) is 11.7. The van der Waals surface area contributed by atoms with E-state index >= 15 is 0 Å². The van der Waals surface area contributed by atoms with Crippen LogP contribution in [0.1, 0.15) is 30.0 Å². The highest BCUT2D eigenvalue weighted by Crippen LogP contribution is 2.31. The lowest BCUT2D eigenvalue weighted by Crippen LogP contribution is -2.50. The molecule has 38 heavy (non-hydrogen) atoms. The van der Waals surface area contributed by atoms with Gasteiger partial charge in [0.25, 0.3) is 0 Å². The van der Waals surface area contributed by atoms with Crippen molar-refractivity contribution in [3.05, 3.63) is 95.0 Å². The number of nitrogens with zero attached hydrogens (tertiary/aromatic N) is 3. The summed E-state index contributed by atoms with van der Waals surface area (Å²) in [4.78, 5) is 17.3. The van der Waals surface area contributed by atoms with Crippen LogP contribution in [-0.2, 0) is 14.8 Å². The van der Waals surface area contributed by atoms with Gasteiger partial charge < -0.3 is 9.64 Å². The third-order valence-corrected chi connectivity index (χ3v) is 8.33. The number of sulfonamides is 1. The molecule has 1 aliphatic rings. The van der Waals surface area contributed by atoms with Crippen molar-refractivity contribution in [3.8, 4) is 5.75 Å². The zero-order valence-corrected chi connectivity index (χ0v) is 23.4. The first kappa shape index (κ1) is 28.0. The summed E-state index contributed by atoms with van der Waals surface area (Å²) in [5.74, 6) is 0.516. The summed E-state index contributed by atoms with van der Waals surface area (Å²) in [5.41, 5.74) is 2.92. The number of rotatable bonds is 10. The number of hydrogen-bond donors (Lipinski definition) is 0. The van der Waals surface area contributed by atoms with Gasteiger partial charge in [-0.25, -0.2) is 8.42 Å². The Labute approximate surface area is 230 Å². The highest BCUT2D eigenvalue weighted by molar-refractivity contribution is 7.92. The predicted molar refractivity (Wildman–Crippen MR) is 152 cm³/mol. The second-order valence-electron chi connectivity index (χ2n) is 9.40. The first-order chi connectivity index (χ1) is 18.3. The van der Waals surface area contributed by atoms with E-state index in [2.05, 4.69) is 53.4 Å². The first-order valence-electron chi connectivity index (χ1n) is 12.7. The molecule has 0 N–H and O–H groups in total. The minimum atomic E-state index is -3.54. The van der Waals surface area contributed by atoms with Crippen LogP contribution in [0.5, 0.6) is 5.75 Å². The van der Waals surface area contributed by atoms with Crippen LogP contribution in [-0.4, -0.2) is 70.2 Å². The fraction of sp³-hybridized carbons (Fsp3) is 0.345. The zero-order chi connectivity index (χ0) is 27.1. The highest BCUT2D eigenvalue weighted by atomic mass is 35.5. The molecule has 0 unspecified atom stereocenters. The number of anilines is 1. The lowest BCUT2D eigenvalue weighted by atomic mass is 9.96. The van der Waals surface area contributed by atoms with E-state index in [1.807, 2.05) is 17.0 Å². The Bertz CT molecular complexity index is 1270. The first-order valence-corrected chi connectivity index (χ1v) is 14.9. The number of carbonyl (C=O) groups is 1. The Hall–Kier alpha value is -3.07. The minimum absolute atomic E-state index is 0.0434. The van der Waals surface area contributed by atoms with Crippen LogP contribution in [0.4, 0.5) is 5.69 Å². The number of methoxy groups -OCH3 is 1. The third-order valence-electron chi connectivity index (χ3n) is 6.84. The number of amides is 1.